The summed E-state index contributed by atoms with van der Waals surface area (Å²) in [4.78, 5) is 1.22. The Morgan fingerprint density at radius 3 is 2.82 bits per heavy atom. The van der Waals surface area contributed by atoms with Crippen molar-refractivity contribution >= 4 is 28.6 Å². The minimum absolute atomic E-state index is 0.783. The molecule has 0 aliphatic carbocycles. The number of rotatable bonds is 4. The molecule has 0 saturated carbocycles. The zero-order valence-corrected chi connectivity index (χ0v) is 11.4. The Morgan fingerprint density at radius 1 is 1.35 bits per heavy atom. The zero-order chi connectivity index (χ0) is 12.3. The van der Waals surface area contributed by atoms with Crippen molar-refractivity contribution in [1.29, 1.82) is 0 Å². The number of benzene rings is 1. The number of hydrogen-bond donors (Lipinski definition) is 1. The summed E-state index contributed by atoms with van der Waals surface area (Å²) in [5.41, 5.74) is 2.29. The molecule has 1 aromatic heterocycles. The molecule has 0 unspecified atom stereocenters. The number of halogens is 1. The summed E-state index contributed by atoms with van der Waals surface area (Å²) < 4.78 is 5.21. The number of thiophene rings is 1. The fraction of sp³-hybridized carbons (Fsp3) is 0.231. The highest BCUT2D eigenvalue weighted by atomic mass is 35.5. The zero-order valence-electron chi connectivity index (χ0n) is 9.79. The largest absolute Gasteiger partial charge is 0.497 e. The summed E-state index contributed by atoms with van der Waals surface area (Å²) in [7, 11) is 1.67. The molecule has 4 heteroatoms. The number of aryl methyl sites for hydroxylation is 1. The molecule has 0 radical (unpaired) electrons. The van der Waals surface area contributed by atoms with Crippen molar-refractivity contribution in [3.05, 3.63) is 45.1 Å². The molecule has 2 aromatic rings. The van der Waals surface area contributed by atoms with Crippen LogP contribution >= 0.6 is 22.9 Å². The van der Waals surface area contributed by atoms with Crippen molar-refractivity contribution in [1.82, 2.24) is 0 Å². The minimum Gasteiger partial charge on any atom is -0.497 e. The van der Waals surface area contributed by atoms with Gasteiger partial charge in [-0.25, -0.2) is 0 Å². The Bertz CT molecular complexity index is 510. The van der Waals surface area contributed by atoms with E-state index < -0.39 is 0 Å². The van der Waals surface area contributed by atoms with E-state index in [9.17, 15) is 0 Å². The highest BCUT2D eigenvalue weighted by Crippen LogP contribution is 2.24. The van der Waals surface area contributed by atoms with E-state index in [0.717, 1.165) is 23.0 Å². The van der Waals surface area contributed by atoms with Gasteiger partial charge < -0.3 is 10.1 Å². The van der Waals surface area contributed by atoms with Gasteiger partial charge in [-0.2, -0.15) is 0 Å². The summed E-state index contributed by atoms with van der Waals surface area (Å²) in [6.07, 6.45) is 0. The third-order valence-corrected chi connectivity index (χ3v) is 3.80. The number of anilines is 1. The molecule has 0 atom stereocenters. The Balaban J connectivity index is 2.07. The van der Waals surface area contributed by atoms with Gasteiger partial charge in [0.2, 0.25) is 0 Å². The van der Waals surface area contributed by atoms with Gasteiger partial charge in [0, 0.05) is 28.6 Å². The SMILES string of the molecule is COc1ccc(C)c(NCc2cc(Cl)cs2)c1. The molecule has 0 amide bonds. The lowest BCUT2D eigenvalue weighted by Gasteiger charge is -2.10. The van der Waals surface area contributed by atoms with Crippen LogP contribution in [0.5, 0.6) is 5.75 Å². The van der Waals surface area contributed by atoms with Crippen molar-refractivity contribution < 1.29 is 4.74 Å². The van der Waals surface area contributed by atoms with Crippen LogP contribution in [0.1, 0.15) is 10.4 Å². The molecule has 0 spiro atoms. The second kappa shape index (κ2) is 5.43. The molecule has 2 nitrogen and oxygen atoms in total. The van der Waals surface area contributed by atoms with E-state index in [4.69, 9.17) is 16.3 Å². The molecule has 2 rings (SSSR count). The van der Waals surface area contributed by atoms with Crippen LogP contribution in [0.15, 0.2) is 29.6 Å². The fourth-order valence-corrected chi connectivity index (χ4v) is 2.56. The summed E-state index contributed by atoms with van der Waals surface area (Å²) in [5, 5.41) is 6.13. The maximum absolute atomic E-state index is 5.88. The topological polar surface area (TPSA) is 21.3 Å². The predicted molar refractivity (Wildman–Crippen MR) is 74.4 cm³/mol. The third kappa shape index (κ3) is 3.14. The van der Waals surface area contributed by atoms with Crippen molar-refractivity contribution in [2.45, 2.75) is 13.5 Å². The smallest absolute Gasteiger partial charge is 0.120 e. The van der Waals surface area contributed by atoms with E-state index in [0.29, 0.717) is 0 Å². The van der Waals surface area contributed by atoms with Crippen LogP contribution in [0.25, 0.3) is 0 Å². The van der Waals surface area contributed by atoms with E-state index in [1.165, 1.54) is 10.4 Å². The van der Waals surface area contributed by atoms with Gasteiger partial charge >= 0.3 is 0 Å². The molecule has 1 aromatic carbocycles. The minimum atomic E-state index is 0.783. The monoisotopic (exact) mass is 267 g/mol. The van der Waals surface area contributed by atoms with Gasteiger partial charge in [0.15, 0.2) is 0 Å². The molecule has 0 saturated heterocycles. The lowest BCUT2D eigenvalue weighted by molar-refractivity contribution is 0.415. The van der Waals surface area contributed by atoms with E-state index >= 15 is 0 Å². The van der Waals surface area contributed by atoms with Crippen LogP contribution in [0.3, 0.4) is 0 Å². The summed E-state index contributed by atoms with van der Waals surface area (Å²) in [6, 6.07) is 7.99. The number of ether oxygens (including phenoxy) is 1. The maximum atomic E-state index is 5.88. The predicted octanol–water partition coefficient (Wildman–Crippen LogP) is 4.33. The molecule has 0 fully saturated rings. The molecule has 90 valence electrons. The normalized spacial score (nSPS) is 10.3. The van der Waals surface area contributed by atoms with Crippen LogP contribution < -0.4 is 10.1 Å². The van der Waals surface area contributed by atoms with Crippen molar-refractivity contribution in [3.63, 3.8) is 0 Å². The second-order valence-electron chi connectivity index (χ2n) is 3.77. The van der Waals surface area contributed by atoms with Crippen LogP contribution in [0.4, 0.5) is 5.69 Å². The second-order valence-corrected chi connectivity index (χ2v) is 5.20. The standard InChI is InChI=1S/C13H14ClNOS/c1-9-3-4-11(16-2)6-13(9)15-7-12-5-10(14)8-17-12/h3-6,8,15H,7H2,1-2H3. The molecule has 1 N–H and O–H groups in total. The lowest BCUT2D eigenvalue weighted by Crippen LogP contribution is -1.99. The summed E-state index contributed by atoms with van der Waals surface area (Å²) in [5.74, 6) is 0.863. The average molecular weight is 268 g/mol. The molecule has 17 heavy (non-hydrogen) atoms. The van der Waals surface area contributed by atoms with E-state index in [2.05, 4.69) is 12.2 Å². The van der Waals surface area contributed by atoms with E-state index in [1.807, 2.05) is 29.6 Å². The van der Waals surface area contributed by atoms with Gasteiger partial charge in [0.25, 0.3) is 0 Å². The van der Waals surface area contributed by atoms with Crippen LogP contribution in [-0.4, -0.2) is 7.11 Å². The van der Waals surface area contributed by atoms with E-state index in [1.54, 1.807) is 18.4 Å². The van der Waals surface area contributed by atoms with Crippen molar-refractivity contribution in [2.75, 3.05) is 12.4 Å². The van der Waals surface area contributed by atoms with Gasteiger partial charge in [-0.15, -0.1) is 11.3 Å². The first kappa shape index (κ1) is 12.3. The highest BCUT2D eigenvalue weighted by molar-refractivity contribution is 7.10. The fourth-order valence-electron chi connectivity index (χ4n) is 1.55. The molecule has 0 bridgehead atoms. The van der Waals surface area contributed by atoms with Crippen molar-refractivity contribution in [2.24, 2.45) is 0 Å². The number of methoxy groups -OCH3 is 1. The summed E-state index contributed by atoms with van der Waals surface area (Å²) >= 11 is 7.54. The number of hydrogen-bond acceptors (Lipinski definition) is 3. The van der Waals surface area contributed by atoms with Gasteiger partial charge in [-0.1, -0.05) is 17.7 Å². The molecule has 0 aliphatic rings. The third-order valence-electron chi connectivity index (χ3n) is 2.52. The highest BCUT2D eigenvalue weighted by Gasteiger charge is 2.02. The Hall–Kier alpha value is -1.19. The van der Waals surface area contributed by atoms with Gasteiger partial charge in [-0.3, -0.25) is 0 Å². The Labute approximate surface area is 110 Å². The Morgan fingerprint density at radius 2 is 2.18 bits per heavy atom. The number of nitrogens with one attached hydrogen (secondary N) is 1. The molecule has 1 heterocycles. The summed E-state index contributed by atoms with van der Waals surface area (Å²) in [6.45, 7) is 2.86. The van der Waals surface area contributed by atoms with Crippen LogP contribution in [-0.2, 0) is 6.54 Å². The average Bonchev–Trinajstić information content (AvgIpc) is 2.74. The van der Waals surface area contributed by atoms with Crippen molar-refractivity contribution in [3.8, 4) is 5.75 Å². The van der Waals surface area contributed by atoms with Gasteiger partial charge in [0.05, 0.1) is 12.1 Å². The van der Waals surface area contributed by atoms with E-state index in [-0.39, 0.29) is 0 Å². The molecular formula is C13H14ClNOS. The first-order chi connectivity index (χ1) is 8.19. The first-order valence-electron chi connectivity index (χ1n) is 5.30. The van der Waals surface area contributed by atoms with Gasteiger partial charge in [-0.05, 0) is 24.6 Å². The molecular weight excluding hydrogens is 254 g/mol. The van der Waals surface area contributed by atoms with Crippen LogP contribution in [0.2, 0.25) is 5.02 Å². The van der Waals surface area contributed by atoms with Crippen LogP contribution in [0, 0.1) is 6.92 Å². The maximum Gasteiger partial charge on any atom is 0.120 e. The quantitative estimate of drug-likeness (QED) is 0.890. The molecule has 0 aliphatic heterocycles. The van der Waals surface area contributed by atoms with Gasteiger partial charge in [0.1, 0.15) is 5.75 Å². The lowest BCUT2D eigenvalue weighted by atomic mass is 10.2. The first-order valence-corrected chi connectivity index (χ1v) is 6.56. The Kier molecular flexibility index (Phi) is 3.92.